The van der Waals surface area contributed by atoms with E-state index in [1.54, 1.807) is 12.3 Å². The summed E-state index contributed by atoms with van der Waals surface area (Å²) < 4.78 is 13.2. The molecule has 0 radical (unpaired) electrons. The molecule has 90 valence electrons. The number of guanidine groups is 1. The van der Waals surface area contributed by atoms with Gasteiger partial charge in [-0.2, -0.15) is 0 Å². The molecule has 0 fully saturated rings. The number of aromatic nitrogens is 1. The molecule has 0 saturated carbocycles. The topological polar surface area (TPSA) is 54.5 Å². The fourth-order valence-electron chi connectivity index (χ4n) is 2.04. The van der Waals surface area contributed by atoms with Gasteiger partial charge in [-0.1, -0.05) is 6.08 Å². The zero-order valence-electron chi connectivity index (χ0n) is 9.73. The Kier molecular flexibility index (Phi) is 2.83. The first-order chi connectivity index (χ1) is 8.08. The van der Waals surface area contributed by atoms with Crippen LogP contribution in [-0.4, -0.2) is 28.9 Å². The van der Waals surface area contributed by atoms with E-state index in [2.05, 4.69) is 16.6 Å². The van der Waals surface area contributed by atoms with Crippen molar-refractivity contribution in [3.8, 4) is 0 Å². The van der Waals surface area contributed by atoms with Crippen LogP contribution in [0.15, 0.2) is 36.1 Å². The molecule has 17 heavy (non-hydrogen) atoms. The van der Waals surface area contributed by atoms with Crippen LogP contribution >= 0.6 is 0 Å². The third-order valence-corrected chi connectivity index (χ3v) is 3.06. The van der Waals surface area contributed by atoms with Gasteiger partial charge in [-0.25, -0.2) is 4.39 Å². The number of hydrogen-bond donors (Lipinski definition) is 1. The zero-order chi connectivity index (χ0) is 12.5. The highest BCUT2D eigenvalue weighted by molar-refractivity contribution is 5.81. The average Bonchev–Trinajstić information content (AvgIpc) is 2.59. The third-order valence-electron chi connectivity index (χ3n) is 3.06. The van der Waals surface area contributed by atoms with E-state index in [9.17, 15) is 4.39 Å². The second-order valence-corrected chi connectivity index (χ2v) is 4.24. The van der Waals surface area contributed by atoms with Gasteiger partial charge in [0.05, 0.1) is 18.3 Å². The van der Waals surface area contributed by atoms with Crippen molar-refractivity contribution in [2.45, 2.75) is 12.5 Å². The third kappa shape index (κ3) is 1.88. The smallest absolute Gasteiger partial charge is 0.192 e. The van der Waals surface area contributed by atoms with Crippen molar-refractivity contribution in [2.75, 3.05) is 13.1 Å². The lowest BCUT2D eigenvalue weighted by Crippen LogP contribution is -2.47. The van der Waals surface area contributed by atoms with E-state index in [1.807, 2.05) is 11.8 Å². The molecule has 0 bridgehead atoms. The summed E-state index contributed by atoms with van der Waals surface area (Å²) in [5.74, 6) is 0.101. The molecule has 0 saturated heterocycles. The Morgan fingerprint density at radius 1 is 1.65 bits per heavy atom. The second-order valence-electron chi connectivity index (χ2n) is 4.24. The van der Waals surface area contributed by atoms with Gasteiger partial charge < -0.3 is 10.6 Å². The molecule has 1 atom stereocenters. The fraction of sp³-hybridized carbons (Fsp3) is 0.333. The molecule has 0 aromatic carbocycles. The maximum Gasteiger partial charge on any atom is 0.192 e. The summed E-state index contributed by atoms with van der Waals surface area (Å²) in [6, 6.07) is 1.47. The second kappa shape index (κ2) is 4.16. The summed E-state index contributed by atoms with van der Waals surface area (Å²) in [7, 11) is 0. The van der Waals surface area contributed by atoms with Gasteiger partial charge in [0, 0.05) is 18.3 Å². The first kappa shape index (κ1) is 11.6. The van der Waals surface area contributed by atoms with Crippen LogP contribution in [0.2, 0.25) is 0 Å². The maximum absolute atomic E-state index is 13.2. The van der Waals surface area contributed by atoms with E-state index in [1.165, 1.54) is 12.3 Å². The van der Waals surface area contributed by atoms with Crippen molar-refractivity contribution < 1.29 is 4.39 Å². The number of pyridine rings is 1. The molecule has 1 aliphatic rings. The maximum atomic E-state index is 13.2. The molecule has 2 heterocycles. The zero-order valence-corrected chi connectivity index (χ0v) is 9.73. The van der Waals surface area contributed by atoms with E-state index >= 15 is 0 Å². The van der Waals surface area contributed by atoms with Crippen molar-refractivity contribution in [3.63, 3.8) is 0 Å². The van der Waals surface area contributed by atoms with Crippen LogP contribution in [0.1, 0.15) is 12.5 Å². The molecule has 2 N–H and O–H groups in total. The number of rotatable bonds is 3. The monoisotopic (exact) mass is 234 g/mol. The lowest BCUT2D eigenvalue weighted by Gasteiger charge is -2.35. The Balaban J connectivity index is 2.39. The molecular weight excluding hydrogens is 219 g/mol. The molecule has 2 rings (SSSR count). The van der Waals surface area contributed by atoms with Gasteiger partial charge in [0.2, 0.25) is 0 Å². The predicted molar refractivity (Wildman–Crippen MR) is 64.9 cm³/mol. The first-order valence-corrected chi connectivity index (χ1v) is 5.37. The average molecular weight is 234 g/mol. The number of halogens is 1. The summed E-state index contributed by atoms with van der Waals surface area (Å²) in [4.78, 5) is 9.99. The standard InChI is InChI=1S/C12H15FN4/c1-3-4-17-11(14)16-8-12(17,2)9-5-10(13)7-15-6-9/h3,5-7H,1,4,8H2,2H3,(H2,14,16). The Labute approximate surface area is 99.7 Å². The van der Waals surface area contributed by atoms with Crippen LogP contribution in [0.5, 0.6) is 0 Å². The van der Waals surface area contributed by atoms with Crippen molar-refractivity contribution in [1.82, 2.24) is 9.88 Å². The minimum Gasteiger partial charge on any atom is -0.370 e. The van der Waals surface area contributed by atoms with Crippen LogP contribution in [0.25, 0.3) is 0 Å². The van der Waals surface area contributed by atoms with Gasteiger partial charge in [0.1, 0.15) is 5.82 Å². The molecule has 0 aliphatic carbocycles. The van der Waals surface area contributed by atoms with Crippen LogP contribution in [0, 0.1) is 5.82 Å². The SMILES string of the molecule is C=CCN1C(N)=NCC1(C)c1cncc(F)c1. The molecular formula is C12H15FN4. The highest BCUT2D eigenvalue weighted by Crippen LogP contribution is 2.32. The van der Waals surface area contributed by atoms with Crippen molar-refractivity contribution >= 4 is 5.96 Å². The minimum atomic E-state index is -0.451. The van der Waals surface area contributed by atoms with Gasteiger partial charge in [-0.05, 0) is 13.0 Å². The Morgan fingerprint density at radius 3 is 3.06 bits per heavy atom. The summed E-state index contributed by atoms with van der Waals surface area (Å²) in [5, 5.41) is 0. The van der Waals surface area contributed by atoms with Crippen molar-refractivity contribution in [2.24, 2.45) is 10.7 Å². The first-order valence-electron chi connectivity index (χ1n) is 5.37. The summed E-state index contributed by atoms with van der Waals surface area (Å²) >= 11 is 0. The lowest BCUT2D eigenvalue weighted by molar-refractivity contribution is 0.243. The molecule has 0 spiro atoms. The number of hydrogen-bond acceptors (Lipinski definition) is 4. The fourth-order valence-corrected chi connectivity index (χ4v) is 2.04. The van der Waals surface area contributed by atoms with Gasteiger partial charge in [-0.15, -0.1) is 6.58 Å². The molecule has 1 aliphatic heterocycles. The summed E-state index contributed by atoms with van der Waals surface area (Å²) in [5.41, 5.74) is 6.15. The van der Waals surface area contributed by atoms with E-state index in [0.29, 0.717) is 19.0 Å². The van der Waals surface area contributed by atoms with E-state index in [0.717, 1.165) is 5.56 Å². The molecule has 1 unspecified atom stereocenters. The molecule has 1 aromatic heterocycles. The normalized spacial score (nSPS) is 23.6. The summed E-state index contributed by atoms with van der Waals surface area (Å²) in [6.07, 6.45) is 4.58. The van der Waals surface area contributed by atoms with E-state index in [-0.39, 0.29) is 5.82 Å². The Bertz CT molecular complexity index is 471. The lowest BCUT2D eigenvalue weighted by atomic mass is 9.92. The van der Waals surface area contributed by atoms with Crippen LogP contribution in [0.3, 0.4) is 0 Å². The number of nitrogens with two attached hydrogens (primary N) is 1. The van der Waals surface area contributed by atoms with Gasteiger partial charge in [-0.3, -0.25) is 9.98 Å². The molecule has 1 aromatic rings. The van der Waals surface area contributed by atoms with Crippen LogP contribution in [-0.2, 0) is 5.54 Å². The minimum absolute atomic E-state index is 0.354. The van der Waals surface area contributed by atoms with E-state index < -0.39 is 5.54 Å². The number of aliphatic imine (C=N–C) groups is 1. The number of nitrogens with zero attached hydrogens (tertiary/aromatic N) is 3. The molecule has 5 heteroatoms. The molecule has 4 nitrogen and oxygen atoms in total. The quantitative estimate of drug-likeness (QED) is 0.801. The van der Waals surface area contributed by atoms with Crippen molar-refractivity contribution in [1.29, 1.82) is 0 Å². The Hall–Kier alpha value is -1.91. The van der Waals surface area contributed by atoms with E-state index in [4.69, 9.17) is 5.73 Å². The summed E-state index contributed by atoms with van der Waals surface area (Å²) in [6.45, 7) is 6.73. The highest BCUT2D eigenvalue weighted by Gasteiger charge is 2.39. The Morgan fingerprint density at radius 2 is 2.41 bits per heavy atom. The van der Waals surface area contributed by atoms with Crippen LogP contribution in [0.4, 0.5) is 4.39 Å². The predicted octanol–water partition coefficient (Wildman–Crippen LogP) is 1.25. The van der Waals surface area contributed by atoms with Gasteiger partial charge in [0.15, 0.2) is 5.96 Å². The van der Waals surface area contributed by atoms with Gasteiger partial charge >= 0.3 is 0 Å². The highest BCUT2D eigenvalue weighted by atomic mass is 19.1. The molecule has 0 amide bonds. The van der Waals surface area contributed by atoms with Crippen molar-refractivity contribution in [3.05, 3.63) is 42.5 Å². The largest absolute Gasteiger partial charge is 0.370 e. The van der Waals surface area contributed by atoms with Crippen LogP contribution < -0.4 is 5.73 Å². The van der Waals surface area contributed by atoms with Gasteiger partial charge in [0.25, 0.3) is 0 Å².